The lowest BCUT2D eigenvalue weighted by molar-refractivity contribution is -0.130. The summed E-state index contributed by atoms with van der Waals surface area (Å²) in [5.41, 5.74) is 2.48. The van der Waals surface area contributed by atoms with Gasteiger partial charge in [-0.05, 0) is 42.6 Å². The van der Waals surface area contributed by atoms with E-state index in [-0.39, 0.29) is 11.7 Å². The first kappa shape index (κ1) is 16.6. The molecule has 2 heterocycles. The molecule has 0 bridgehead atoms. The molecule has 2 aliphatic heterocycles. The van der Waals surface area contributed by atoms with Crippen molar-refractivity contribution in [3.8, 4) is 0 Å². The summed E-state index contributed by atoms with van der Waals surface area (Å²) in [4.78, 5) is 14.9. The quantitative estimate of drug-likeness (QED) is 0.890. The van der Waals surface area contributed by atoms with Crippen LogP contribution in [0.4, 0.5) is 4.39 Å². The van der Waals surface area contributed by atoms with Crippen molar-refractivity contribution in [1.82, 2.24) is 10.2 Å². The fourth-order valence-corrected chi connectivity index (χ4v) is 4.26. The van der Waals surface area contributed by atoms with Crippen molar-refractivity contribution in [2.24, 2.45) is 5.41 Å². The second-order valence-corrected chi connectivity index (χ2v) is 7.48. The minimum absolute atomic E-state index is 0.103. The SMILES string of the molecule is O=C1NCc2ccccc2CC12CCN(Cc1c(F)cccc1Cl)C2. The largest absolute Gasteiger partial charge is 0.351 e. The van der Waals surface area contributed by atoms with Gasteiger partial charge >= 0.3 is 0 Å². The fourth-order valence-electron chi connectivity index (χ4n) is 4.04. The van der Waals surface area contributed by atoms with Crippen molar-refractivity contribution >= 4 is 17.5 Å². The summed E-state index contributed by atoms with van der Waals surface area (Å²) >= 11 is 6.16. The van der Waals surface area contributed by atoms with Gasteiger partial charge in [-0.3, -0.25) is 9.69 Å². The first-order valence-electron chi connectivity index (χ1n) is 8.58. The first-order valence-corrected chi connectivity index (χ1v) is 8.95. The number of halogens is 2. The van der Waals surface area contributed by atoms with E-state index < -0.39 is 5.41 Å². The molecule has 1 unspecified atom stereocenters. The van der Waals surface area contributed by atoms with E-state index in [2.05, 4.69) is 22.3 Å². The van der Waals surface area contributed by atoms with Crippen LogP contribution >= 0.6 is 11.6 Å². The zero-order valence-corrected chi connectivity index (χ0v) is 14.7. The van der Waals surface area contributed by atoms with Crippen molar-refractivity contribution in [2.75, 3.05) is 13.1 Å². The zero-order valence-electron chi connectivity index (χ0n) is 13.9. The fraction of sp³-hybridized carbons (Fsp3) is 0.350. The molecule has 5 heteroatoms. The molecule has 0 saturated carbocycles. The standard InChI is InChI=1S/C20H20ClFN2O/c21-17-6-3-7-18(22)16(17)12-24-9-8-20(13-24)10-14-4-1-2-5-15(14)11-23-19(20)25/h1-7H,8-13H2,(H,23,25). The first-order chi connectivity index (χ1) is 12.1. The van der Waals surface area contributed by atoms with E-state index in [1.165, 1.54) is 17.2 Å². The summed E-state index contributed by atoms with van der Waals surface area (Å²) < 4.78 is 14.1. The van der Waals surface area contributed by atoms with Crippen LogP contribution in [0.1, 0.15) is 23.1 Å². The topological polar surface area (TPSA) is 32.3 Å². The number of rotatable bonds is 2. The number of nitrogens with zero attached hydrogens (tertiary/aromatic N) is 1. The molecule has 2 aromatic rings. The Morgan fingerprint density at radius 2 is 1.96 bits per heavy atom. The van der Waals surface area contributed by atoms with Crippen molar-refractivity contribution in [1.29, 1.82) is 0 Å². The van der Waals surface area contributed by atoms with Crippen LogP contribution < -0.4 is 5.32 Å². The maximum Gasteiger partial charge on any atom is 0.228 e. The third kappa shape index (κ3) is 3.05. The van der Waals surface area contributed by atoms with E-state index >= 15 is 0 Å². The van der Waals surface area contributed by atoms with E-state index in [0.717, 1.165) is 19.4 Å². The molecule has 0 aliphatic carbocycles. The van der Waals surface area contributed by atoms with E-state index in [0.29, 0.717) is 30.2 Å². The maximum absolute atomic E-state index is 14.1. The van der Waals surface area contributed by atoms with Crippen molar-refractivity contribution in [3.63, 3.8) is 0 Å². The van der Waals surface area contributed by atoms with Crippen molar-refractivity contribution < 1.29 is 9.18 Å². The van der Waals surface area contributed by atoms with Gasteiger partial charge in [-0.1, -0.05) is 41.9 Å². The Labute approximate surface area is 151 Å². The molecule has 0 aromatic heterocycles. The van der Waals surface area contributed by atoms with Crippen LogP contribution in [0, 0.1) is 11.2 Å². The van der Waals surface area contributed by atoms with Gasteiger partial charge in [0.2, 0.25) is 5.91 Å². The van der Waals surface area contributed by atoms with Gasteiger partial charge in [0.05, 0.1) is 5.41 Å². The lowest BCUT2D eigenvalue weighted by atomic mass is 9.80. The molecule has 25 heavy (non-hydrogen) atoms. The summed E-state index contributed by atoms with van der Waals surface area (Å²) in [6, 6.07) is 13.0. The highest BCUT2D eigenvalue weighted by atomic mass is 35.5. The maximum atomic E-state index is 14.1. The highest BCUT2D eigenvalue weighted by molar-refractivity contribution is 6.31. The Morgan fingerprint density at radius 1 is 1.16 bits per heavy atom. The third-order valence-corrected chi connectivity index (χ3v) is 5.80. The molecule has 1 spiro atoms. The lowest BCUT2D eigenvalue weighted by Crippen LogP contribution is -2.42. The normalized spacial score (nSPS) is 23.4. The Morgan fingerprint density at radius 3 is 2.76 bits per heavy atom. The van der Waals surface area contributed by atoms with Gasteiger partial charge in [0.15, 0.2) is 0 Å². The molecule has 4 rings (SSSR count). The number of carbonyl (C=O) groups excluding carboxylic acids is 1. The smallest absolute Gasteiger partial charge is 0.228 e. The molecule has 1 N–H and O–H groups in total. The molecule has 2 aliphatic rings. The second-order valence-electron chi connectivity index (χ2n) is 7.07. The lowest BCUT2D eigenvalue weighted by Gasteiger charge is -2.26. The van der Waals surface area contributed by atoms with Crippen LogP contribution in [0.15, 0.2) is 42.5 Å². The number of benzene rings is 2. The molecule has 1 saturated heterocycles. The monoisotopic (exact) mass is 358 g/mol. The highest BCUT2D eigenvalue weighted by Gasteiger charge is 2.45. The molecule has 3 nitrogen and oxygen atoms in total. The molecule has 1 amide bonds. The predicted octanol–water partition coefficient (Wildman–Crippen LogP) is 3.54. The average molecular weight is 359 g/mol. The Kier molecular flexibility index (Phi) is 4.26. The molecule has 0 radical (unpaired) electrons. The summed E-state index contributed by atoms with van der Waals surface area (Å²) in [7, 11) is 0. The van der Waals surface area contributed by atoms with E-state index in [4.69, 9.17) is 11.6 Å². The van der Waals surface area contributed by atoms with Crippen LogP contribution in [0.5, 0.6) is 0 Å². The van der Waals surface area contributed by atoms with E-state index in [1.54, 1.807) is 12.1 Å². The molecule has 1 fully saturated rings. The molecular formula is C20H20ClFN2O. The Hall–Kier alpha value is -1.91. The minimum Gasteiger partial charge on any atom is -0.351 e. The van der Waals surface area contributed by atoms with Gasteiger partial charge in [-0.2, -0.15) is 0 Å². The number of likely N-dealkylation sites (tertiary alicyclic amines) is 1. The Balaban J connectivity index is 1.57. The van der Waals surface area contributed by atoms with E-state index in [9.17, 15) is 9.18 Å². The molecule has 1 atom stereocenters. The van der Waals surface area contributed by atoms with Gasteiger partial charge < -0.3 is 5.32 Å². The number of carbonyl (C=O) groups is 1. The number of nitrogens with one attached hydrogen (secondary N) is 1. The van der Waals surface area contributed by atoms with Gasteiger partial charge in [-0.15, -0.1) is 0 Å². The third-order valence-electron chi connectivity index (χ3n) is 5.44. The summed E-state index contributed by atoms with van der Waals surface area (Å²) in [5, 5.41) is 3.52. The minimum atomic E-state index is -0.440. The molecular weight excluding hydrogens is 339 g/mol. The van der Waals surface area contributed by atoms with Crippen molar-refractivity contribution in [2.45, 2.75) is 25.9 Å². The van der Waals surface area contributed by atoms with Gasteiger partial charge in [0.25, 0.3) is 0 Å². The molecule has 130 valence electrons. The van der Waals surface area contributed by atoms with E-state index in [1.807, 2.05) is 12.1 Å². The Bertz CT molecular complexity index is 805. The number of hydrogen-bond acceptors (Lipinski definition) is 2. The summed E-state index contributed by atoms with van der Waals surface area (Å²) in [6.45, 7) is 2.40. The van der Waals surface area contributed by atoms with Crippen LogP contribution in [-0.4, -0.2) is 23.9 Å². The number of amides is 1. The van der Waals surface area contributed by atoms with Crippen LogP contribution in [-0.2, 0) is 24.3 Å². The summed E-state index contributed by atoms with van der Waals surface area (Å²) in [6.07, 6.45) is 1.51. The summed E-state index contributed by atoms with van der Waals surface area (Å²) in [5.74, 6) is -0.185. The van der Waals surface area contributed by atoms with Crippen LogP contribution in [0.3, 0.4) is 0 Å². The van der Waals surface area contributed by atoms with Gasteiger partial charge in [0.1, 0.15) is 5.82 Å². The number of fused-ring (bicyclic) bond motifs is 1. The second kappa shape index (κ2) is 6.43. The van der Waals surface area contributed by atoms with Crippen LogP contribution in [0.2, 0.25) is 5.02 Å². The highest BCUT2D eigenvalue weighted by Crippen LogP contribution is 2.38. The molecule has 2 aromatic carbocycles. The number of hydrogen-bond donors (Lipinski definition) is 1. The van der Waals surface area contributed by atoms with Crippen LogP contribution in [0.25, 0.3) is 0 Å². The van der Waals surface area contributed by atoms with Gasteiger partial charge in [0, 0.05) is 30.2 Å². The zero-order chi connectivity index (χ0) is 17.4. The average Bonchev–Trinajstić information content (AvgIpc) is 2.95. The van der Waals surface area contributed by atoms with Crippen molar-refractivity contribution in [3.05, 3.63) is 70.0 Å². The predicted molar refractivity (Wildman–Crippen MR) is 95.7 cm³/mol. The van der Waals surface area contributed by atoms with Gasteiger partial charge in [-0.25, -0.2) is 4.39 Å².